The van der Waals surface area contributed by atoms with Crippen molar-refractivity contribution in [2.75, 3.05) is 6.54 Å². The van der Waals surface area contributed by atoms with Crippen molar-refractivity contribution in [3.8, 4) is 5.75 Å². The van der Waals surface area contributed by atoms with Crippen LogP contribution in [0.25, 0.3) is 0 Å². The summed E-state index contributed by atoms with van der Waals surface area (Å²) in [5.74, 6) is 0.895. The van der Waals surface area contributed by atoms with Crippen LogP contribution in [0.4, 0.5) is 8.78 Å². The van der Waals surface area contributed by atoms with Gasteiger partial charge in [0.2, 0.25) is 0 Å². The molecule has 6 heteroatoms. The molecule has 0 aliphatic carbocycles. The molecule has 0 saturated carbocycles. The van der Waals surface area contributed by atoms with Gasteiger partial charge in [-0.05, 0) is 19.0 Å². The average Bonchev–Trinajstić information content (AvgIpc) is 2.95. The number of hydrogen-bond acceptors (Lipinski definition) is 3. The Morgan fingerprint density at radius 1 is 1.33 bits per heavy atom. The van der Waals surface area contributed by atoms with Crippen LogP contribution in [-0.4, -0.2) is 16.1 Å². The molecule has 0 bridgehead atoms. The van der Waals surface area contributed by atoms with E-state index in [4.69, 9.17) is 4.74 Å². The maximum atomic E-state index is 12.7. The average molecular weight is 295 g/mol. The van der Waals surface area contributed by atoms with E-state index in [0.29, 0.717) is 12.3 Å². The first-order chi connectivity index (χ1) is 10.2. The molecule has 0 radical (unpaired) electrons. The third kappa shape index (κ3) is 4.26. The molecule has 0 fully saturated rings. The van der Waals surface area contributed by atoms with Gasteiger partial charge in [-0.3, -0.25) is 4.57 Å². The first-order valence-corrected chi connectivity index (χ1v) is 6.93. The van der Waals surface area contributed by atoms with Crippen molar-refractivity contribution < 1.29 is 13.5 Å². The maximum absolute atomic E-state index is 12.7. The van der Waals surface area contributed by atoms with Gasteiger partial charge >= 0.3 is 6.55 Å². The molecule has 0 unspecified atom stereocenters. The molecule has 0 spiro atoms. The topological polar surface area (TPSA) is 39.1 Å². The molecule has 2 rings (SSSR count). The van der Waals surface area contributed by atoms with Crippen LogP contribution < -0.4 is 10.1 Å². The number of nitrogens with one attached hydrogen (secondary N) is 1. The fraction of sp³-hybridized carbons (Fsp3) is 0.400. The summed E-state index contributed by atoms with van der Waals surface area (Å²) in [6, 6.07) is 7.57. The molecule has 0 atom stereocenters. The monoisotopic (exact) mass is 295 g/mol. The summed E-state index contributed by atoms with van der Waals surface area (Å²) < 4.78 is 31.9. The van der Waals surface area contributed by atoms with E-state index >= 15 is 0 Å². The third-order valence-corrected chi connectivity index (χ3v) is 3.03. The number of nitrogens with zero attached hydrogens (tertiary/aromatic N) is 2. The Morgan fingerprint density at radius 2 is 2.14 bits per heavy atom. The van der Waals surface area contributed by atoms with E-state index in [1.165, 1.54) is 12.4 Å². The van der Waals surface area contributed by atoms with Gasteiger partial charge in [0.1, 0.15) is 12.4 Å². The summed E-state index contributed by atoms with van der Waals surface area (Å²) in [4.78, 5) is 3.90. The third-order valence-electron chi connectivity index (χ3n) is 3.03. The number of alkyl halides is 2. The molecule has 0 aliphatic heterocycles. The summed E-state index contributed by atoms with van der Waals surface area (Å²) in [6.45, 7) is 1.12. The first kappa shape index (κ1) is 15.4. The number of ether oxygens (including phenoxy) is 1. The number of hydrogen-bond donors (Lipinski definition) is 1. The largest absolute Gasteiger partial charge is 0.485 e. The predicted octanol–water partition coefficient (Wildman–Crippen LogP) is 3.36. The van der Waals surface area contributed by atoms with Crippen LogP contribution in [0.1, 0.15) is 31.3 Å². The lowest BCUT2D eigenvalue weighted by molar-refractivity contribution is 0.0632. The SMILES string of the molecule is CCCNCc1ccccc1OCc1nccn1C(F)F. The molecule has 4 nitrogen and oxygen atoms in total. The Labute approximate surface area is 122 Å². The van der Waals surface area contributed by atoms with Crippen LogP contribution in [0.2, 0.25) is 0 Å². The van der Waals surface area contributed by atoms with Crippen LogP contribution in [-0.2, 0) is 13.2 Å². The fourth-order valence-corrected chi connectivity index (χ4v) is 1.97. The van der Waals surface area contributed by atoms with Gasteiger partial charge in [-0.25, -0.2) is 4.98 Å². The number of rotatable bonds is 8. The van der Waals surface area contributed by atoms with Gasteiger partial charge in [0, 0.05) is 24.5 Å². The van der Waals surface area contributed by atoms with E-state index in [1.807, 2.05) is 24.3 Å². The van der Waals surface area contributed by atoms with Gasteiger partial charge in [-0.15, -0.1) is 0 Å². The molecular weight excluding hydrogens is 276 g/mol. The lowest BCUT2D eigenvalue weighted by atomic mass is 10.2. The molecule has 2 aromatic rings. The smallest absolute Gasteiger partial charge is 0.320 e. The summed E-state index contributed by atoms with van der Waals surface area (Å²) in [5.41, 5.74) is 1.00. The van der Waals surface area contributed by atoms with Crippen molar-refractivity contribution in [3.05, 3.63) is 48.0 Å². The van der Waals surface area contributed by atoms with Crippen LogP contribution in [0.3, 0.4) is 0 Å². The van der Waals surface area contributed by atoms with Crippen molar-refractivity contribution in [1.29, 1.82) is 0 Å². The van der Waals surface area contributed by atoms with Gasteiger partial charge in [0.15, 0.2) is 5.82 Å². The summed E-state index contributed by atoms with van der Waals surface area (Å²) in [7, 11) is 0. The molecule has 0 aliphatic rings. The quantitative estimate of drug-likeness (QED) is 0.759. The minimum Gasteiger partial charge on any atom is -0.485 e. The molecule has 114 valence electrons. The Balaban J connectivity index is 2.01. The standard InChI is InChI=1S/C15H19F2N3O/c1-2-7-18-10-12-5-3-4-6-13(12)21-11-14-19-8-9-20(14)15(16)17/h3-6,8-9,15,18H,2,7,10-11H2,1H3. The van der Waals surface area contributed by atoms with Gasteiger partial charge < -0.3 is 10.1 Å². The van der Waals surface area contributed by atoms with Crippen LogP contribution in [0.15, 0.2) is 36.7 Å². The highest BCUT2D eigenvalue weighted by Gasteiger charge is 2.12. The number of para-hydroxylation sites is 1. The minimum absolute atomic E-state index is 0.0160. The van der Waals surface area contributed by atoms with Gasteiger partial charge in [-0.1, -0.05) is 25.1 Å². The number of imidazole rings is 1. The van der Waals surface area contributed by atoms with Crippen LogP contribution >= 0.6 is 0 Å². The van der Waals surface area contributed by atoms with E-state index in [9.17, 15) is 8.78 Å². The fourth-order valence-electron chi connectivity index (χ4n) is 1.97. The summed E-state index contributed by atoms with van der Waals surface area (Å²) in [5, 5.41) is 3.29. The van der Waals surface area contributed by atoms with E-state index in [2.05, 4.69) is 17.2 Å². The van der Waals surface area contributed by atoms with E-state index in [-0.39, 0.29) is 12.4 Å². The number of benzene rings is 1. The molecule has 21 heavy (non-hydrogen) atoms. The zero-order valence-electron chi connectivity index (χ0n) is 11.9. The maximum Gasteiger partial charge on any atom is 0.320 e. The minimum atomic E-state index is -2.60. The summed E-state index contributed by atoms with van der Waals surface area (Å²) in [6.07, 6.45) is 3.65. The lowest BCUT2D eigenvalue weighted by Crippen LogP contribution is -2.15. The van der Waals surface area contributed by atoms with Crippen molar-refractivity contribution in [3.63, 3.8) is 0 Å². The van der Waals surface area contributed by atoms with E-state index in [1.54, 1.807) is 0 Å². The Morgan fingerprint density at radius 3 is 2.90 bits per heavy atom. The molecule has 1 N–H and O–H groups in total. The van der Waals surface area contributed by atoms with Crippen molar-refractivity contribution in [2.24, 2.45) is 0 Å². The molecule has 1 aromatic carbocycles. The zero-order valence-corrected chi connectivity index (χ0v) is 11.9. The highest BCUT2D eigenvalue weighted by molar-refractivity contribution is 5.33. The molecule has 0 saturated heterocycles. The number of halogens is 2. The highest BCUT2D eigenvalue weighted by atomic mass is 19.3. The second-order valence-corrected chi connectivity index (χ2v) is 4.60. The highest BCUT2D eigenvalue weighted by Crippen LogP contribution is 2.20. The van der Waals surface area contributed by atoms with Crippen LogP contribution in [0.5, 0.6) is 5.75 Å². The van der Waals surface area contributed by atoms with Crippen molar-refractivity contribution in [2.45, 2.75) is 33.0 Å². The Bertz CT molecular complexity index is 557. The summed E-state index contributed by atoms with van der Waals surface area (Å²) >= 11 is 0. The second kappa shape index (κ2) is 7.73. The van der Waals surface area contributed by atoms with Gasteiger partial charge in [-0.2, -0.15) is 8.78 Å². The second-order valence-electron chi connectivity index (χ2n) is 4.60. The Hall–Kier alpha value is -1.95. The first-order valence-electron chi connectivity index (χ1n) is 6.93. The van der Waals surface area contributed by atoms with Gasteiger partial charge in [0.25, 0.3) is 0 Å². The van der Waals surface area contributed by atoms with Gasteiger partial charge in [0.05, 0.1) is 0 Å². The van der Waals surface area contributed by atoms with Crippen molar-refractivity contribution in [1.82, 2.24) is 14.9 Å². The zero-order chi connectivity index (χ0) is 15.1. The number of aromatic nitrogens is 2. The van der Waals surface area contributed by atoms with E-state index in [0.717, 1.165) is 23.1 Å². The Kier molecular flexibility index (Phi) is 5.68. The molecule has 0 amide bonds. The lowest BCUT2D eigenvalue weighted by Gasteiger charge is -2.12. The van der Waals surface area contributed by atoms with Crippen LogP contribution in [0, 0.1) is 0 Å². The predicted molar refractivity (Wildman–Crippen MR) is 76.3 cm³/mol. The van der Waals surface area contributed by atoms with E-state index < -0.39 is 6.55 Å². The molecular formula is C15H19F2N3O. The molecule has 1 heterocycles. The normalized spacial score (nSPS) is 11.0. The van der Waals surface area contributed by atoms with Crippen molar-refractivity contribution >= 4 is 0 Å². The molecule has 1 aromatic heterocycles.